The third-order valence-electron chi connectivity index (χ3n) is 3.77. The molecule has 6 nitrogen and oxygen atoms in total. The molecule has 0 bridgehead atoms. The second-order valence-corrected chi connectivity index (χ2v) is 9.30. The molecule has 0 unspecified atom stereocenters. The molecule has 0 saturated heterocycles. The number of hydrogen-bond donors (Lipinski definition) is 2. The first-order valence-corrected chi connectivity index (χ1v) is 11.0. The molecule has 8 heteroatoms. The van der Waals surface area contributed by atoms with Crippen LogP contribution in [-0.2, 0) is 38.8 Å². The molecular weight excluding hydrogens is 360 g/mol. The van der Waals surface area contributed by atoms with Crippen LogP contribution >= 0.6 is 0 Å². The smallest absolute Gasteiger partial charge is 0.218 e. The van der Waals surface area contributed by atoms with E-state index in [-0.39, 0.29) is 17.2 Å². The molecule has 0 aromatic heterocycles. The van der Waals surface area contributed by atoms with Crippen LogP contribution in [0.25, 0.3) is 0 Å². The minimum Gasteiger partial charge on any atom is -0.218 e. The zero-order valence-electron chi connectivity index (χ0n) is 14.2. The van der Waals surface area contributed by atoms with Gasteiger partial charge in [-0.3, -0.25) is 0 Å². The monoisotopic (exact) mass is 382 g/mol. The summed E-state index contributed by atoms with van der Waals surface area (Å²) in [7, 11) is -5.63. The molecule has 0 aliphatic carbocycles. The van der Waals surface area contributed by atoms with E-state index in [1.807, 2.05) is 6.92 Å². The van der Waals surface area contributed by atoms with E-state index in [0.717, 1.165) is 12.0 Å². The molecule has 2 rings (SSSR count). The van der Waals surface area contributed by atoms with Crippen molar-refractivity contribution in [1.82, 2.24) is 9.44 Å². The van der Waals surface area contributed by atoms with Crippen LogP contribution in [0.3, 0.4) is 0 Å². The van der Waals surface area contributed by atoms with Gasteiger partial charge in [0.25, 0.3) is 0 Å². The summed E-state index contributed by atoms with van der Waals surface area (Å²) in [5, 5.41) is 0. The Morgan fingerprint density at radius 2 is 1.52 bits per heavy atom. The topological polar surface area (TPSA) is 92.3 Å². The first-order chi connectivity index (χ1) is 11.8. The summed E-state index contributed by atoms with van der Waals surface area (Å²) in [5.74, 6) is -0.150. The number of nitrogens with one attached hydrogen (secondary N) is 2. The Hall–Kier alpha value is -1.74. The lowest BCUT2D eigenvalue weighted by Crippen LogP contribution is -2.23. The zero-order valence-corrected chi connectivity index (χ0v) is 15.8. The van der Waals surface area contributed by atoms with Gasteiger partial charge in [-0.2, -0.15) is 0 Å². The van der Waals surface area contributed by atoms with E-state index in [4.69, 9.17) is 0 Å². The summed E-state index contributed by atoms with van der Waals surface area (Å²) >= 11 is 0. The summed E-state index contributed by atoms with van der Waals surface area (Å²) < 4.78 is 52.7. The summed E-state index contributed by atoms with van der Waals surface area (Å²) in [6, 6.07) is 13.6. The molecule has 0 spiro atoms. The quantitative estimate of drug-likeness (QED) is 0.728. The van der Waals surface area contributed by atoms with Crippen LogP contribution in [0.4, 0.5) is 0 Å². The number of hydrogen-bond acceptors (Lipinski definition) is 4. The van der Waals surface area contributed by atoms with E-state index in [2.05, 4.69) is 9.44 Å². The van der Waals surface area contributed by atoms with Gasteiger partial charge in [-0.15, -0.1) is 0 Å². The third-order valence-corrected chi connectivity index (χ3v) is 6.52. The highest BCUT2D eigenvalue weighted by Crippen LogP contribution is 2.13. The second kappa shape index (κ2) is 8.09. The Morgan fingerprint density at radius 3 is 2.12 bits per heavy atom. The fourth-order valence-corrected chi connectivity index (χ4v) is 4.07. The van der Waals surface area contributed by atoms with Gasteiger partial charge in [0, 0.05) is 6.54 Å². The van der Waals surface area contributed by atoms with Gasteiger partial charge in [0.1, 0.15) is 0 Å². The first-order valence-electron chi connectivity index (χ1n) is 7.83. The van der Waals surface area contributed by atoms with Gasteiger partial charge in [0.15, 0.2) is 0 Å². The summed E-state index contributed by atoms with van der Waals surface area (Å²) in [5.41, 5.74) is 2.35. The van der Waals surface area contributed by atoms with Crippen LogP contribution in [0.2, 0.25) is 0 Å². The lowest BCUT2D eigenvalue weighted by atomic mass is 10.1. The lowest BCUT2D eigenvalue weighted by Gasteiger charge is -2.09. The van der Waals surface area contributed by atoms with Crippen LogP contribution < -0.4 is 9.44 Å². The van der Waals surface area contributed by atoms with Crippen LogP contribution in [0.5, 0.6) is 0 Å². The van der Waals surface area contributed by atoms with Gasteiger partial charge in [0.05, 0.1) is 10.6 Å². The Kier molecular flexibility index (Phi) is 6.34. The van der Waals surface area contributed by atoms with Gasteiger partial charge >= 0.3 is 0 Å². The number of sulfonamides is 2. The van der Waals surface area contributed by atoms with Crippen molar-refractivity contribution >= 4 is 20.0 Å². The fourth-order valence-electron chi connectivity index (χ4n) is 2.29. The van der Waals surface area contributed by atoms with Crippen LogP contribution in [0.1, 0.15) is 23.6 Å². The van der Waals surface area contributed by atoms with Crippen molar-refractivity contribution in [2.24, 2.45) is 0 Å². The van der Waals surface area contributed by atoms with Crippen molar-refractivity contribution in [2.75, 3.05) is 7.05 Å². The predicted molar refractivity (Wildman–Crippen MR) is 98.0 cm³/mol. The molecule has 25 heavy (non-hydrogen) atoms. The minimum atomic E-state index is -3.62. The van der Waals surface area contributed by atoms with Gasteiger partial charge in [-0.1, -0.05) is 43.3 Å². The van der Waals surface area contributed by atoms with Gasteiger partial charge in [-0.25, -0.2) is 26.3 Å². The van der Waals surface area contributed by atoms with Crippen molar-refractivity contribution < 1.29 is 16.8 Å². The van der Waals surface area contributed by atoms with Gasteiger partial charge in [0.2, 0.25) is 20.0 Å². The molecule has 0 heterocycles. The van der Waals surface area contributed by atoms with Crippen molar-refractivity contribution in [3.8, 4) is 0 Å². The Balaban J connectivity index is 2.09. The maximum absolute atomic E-state index is 12.3. The van der Waals surface area contributed by atoms with E-state index in [1.165, 1.54) is 7.05 Å². The molecule has 0 saturated carbocycles. The molecule has 0 aliphatic rings. The molecule has 2 aromatic rings. The second-order valence-electron chi connectivity index (χ2n) is 5.61. The first kappa shape index (κ1) is 19.6. The van der Waals surface area contributed by atoms with E-state index < -0.39 is 20.0 Å². The van der Waals surface area contributed by atoms with E-state index in [1.54, 1.807) is 48.5 Å². The van der Waals surface area contributed by atoms with Crippen LogP contribution in [0, 0.1) is 0 Å². The largest absolute Gasteiger partial charge is 0.240 e. The predicted octanol–water partition coefficient (Wildman–Crippen LogP) is 1.78. The van der Waals surface area contributed by atoms with Crippen molar-refractivity contribution in [3.63, 3.8) is 0 Å². The van der Waals surface area contributed by atoms with E-state index >= 15 is 0 Å². The fraction of sp³-hybridized carbons (Fsp3) is 0.294. The zero-order chi connectivity index (χ0) is 18.5. The highest BCUT2D eigenvalue weighted by atomic mass is 32.2. The summed E-state index contributed by atoms with van der Waals surface area (Å²) in [4.78, 5) is 0.207. The van der Waals surface area contributed by atoms with Crippen molar-refractivity contribution in [2.45, 2.75) is 30.5 Å². The molecule has 0 amide bonds. The summed E-state index contributed by atoms with van der Waals surface area (Å²) in [6.07, 6.45) is 0.843. The molecule has 0 fully saturated rings. The molecule has 0 aliphatic heterocycles. The Morgan fingerprint density at radius 1 is 0.880 bits per heavy atom. The molecule has 136 valence electrons. The molecule has 0 radical (unpaired) electrons. The highest BCUT2D eigenvalue weighted by molar-refractivity contribution is 7.89. The lowest BCUT2D eigenvalue weighted by molar-refractivity contribution is 0.580. The SMILES string of the molecule is CCc1ccc(S(=O)(=O)NCc2cccc(CS(=O)(=O)NC)c2)cc1. The average molecular weight is 383 g/mol. The maximum Gasteiger partial charge on any atom is 0.240 e. The number of aryl methyl sites for hydroxylation is 1. The minimum absolute atomic E-state index is 0.0886. The normalized spacial score (nSPS) is 12.2. The van der Waals surface area contributed by atoms with Crippen molar-refractivity contribution in [1.29, 1.82) is 0 Å². The molecule has 0 atom stereocenters. The van der Waals surface area contributed by atoms with Crippen LogP contribution in [0.15, 0.2) is 53.4 Å². The standard InChI is InChI=1S/C17H22N2O4S2/c1-3-14-7-9-17(10-8-14)25(22,23)19-12-15-5-4-6-16(11-15)13-24(20,21)18-2/h4-11,18-19H,3,12-13H2,1-2H3. The Labute approximate surface area is 149 Å². The maximum atomic E-state index is 12.3. The van der Waals surface area contributed by atoms with Gasteiger partial charge < -0.3 is 0 Å². The molecular formula is C17H22N2O4S2. The number of rotatable bonds is 8. The molecule has 2 N–H and O–H groups in total. The van der Waals surface area contributed by atoms with E-state index in [0.29, 0.717) is 11.1 Å². The average Bonchev–Trinajstić information content (AvgIpc) is 2.60. The Bertz CT molecular complexity index is 921. The highest BCUT2D eigenvalue weighted by Gasteiger charge is 2.14. The van der Waals surface area contributed by atoms with E-state index in [9.17, 15) is 16.8 Å². The molecule has 2 aromatic carbocycles. The third kappa shape index (κ3) is 5.64. The van der Waals surface area contributed by atoms with Gasteiger partial charge in [-0.05, 0) is 42.3 Å². The van der Waals surface area contributed by atoms with Crippen LogP contribution in [-0.4, -0.2) is 23.9 Å². The van der Waals surface area contributed by atoms with Crippen molar-refractivity contribution in [3.05, 3.63) is 65.2 Å². The number of benzene rings is 2. The summed E-state index contributed by atoms with van der Waals surface area (Å²) in [6.45, 7) is 2.09.